The Balaban J connectivity index is 1.43. The van der Waals surface area contributed by atoms with Crippen LogP contribution in [0.3, 0.4) is 0 Å². The molecular weight excluding hydrogens is 480 g/mol. The molecule has 172 valence electrons. The summed E-state index contributed by atoms with van der Waals surface area (Å²) in [7, 11) is -2.05. The quantitative estimate of drug-likeness (QED) is 0.337. The van der Waals surface area contributed by atoms with E-state index in [-0.39, 0.29) is 9.77 Å². The molecule has 0 saturated heterocycles. The van der Waals surface area contributed by atoms with Gasteiger partial charge in [-0.05, 0) is 66.4 Å². The van der Waals surface area contributed by atoms with E-state index in [2.05, 4.69) is 4.72 Å². The molecule has 9 heteroatoms. The van der Waals surface area contributed by atoms with Gasteiger partial charge in [-0.1, -0.05) is 47.2 Å². The second kappa shape index (κ2) is 10.1. The molecule has 0 aliphatic rings. The zero-order valence-electron chi connectivity index (χ0n) is 18.0. The van der Waals surface area contributed by atoms with Crippen molar-refractivity contribution in [2.45, 2.75) is 24.3 Å². The van der Waals surface area contributed by atoms with E-state index in [9.17, 15) is 13.2 Å². The average molecular weight is 503 g/mol. The van der Waals surface area contributed by atoms with Crippen molar-refractivity contribution in [3.8, 4) is 5.75 Å². The van der Waals surface area contributed by atoms with Crippen molar-refractivity contribution < 1.29 is 13.2 Å². The molecule has 0 spiro atoms. The molecule has 1 heterocycles. The molecule has 0 fully saturated rings. The van der Waals surface area contributed by atoms with Crippen LogP contribution in [0.25, 0.3) is 10.2 Å². The zero-order valence-corrected chi connectivity index (χ0v) is 20.3. The van der Waals surface area contributed by atoms with Crippen LogP contribution in [0.15, 0.2) is 76.4 Å². The van der Waals surface area contributed by atoms with Crippen LogP contribution in [0.4, 0.5) is 0 Å². The average Bonchev–Trinajstić information content (AvgIpc) is 3.13. The van der Waals surface area contributed by atoms with E-state index in [0.29, 0.717) is 34.7 Å². The fraction of sp³-hybridized carbons (Fsp3) is 0.208. The van der Waals surface area contributed by atoms with Gasteiger partial charge in [-0.25, -0.2) is 13.1 Å². The highest BCUT2D eigenvalue weighted by Crippen LogP contribution is 2.23. The van der Waals surface area contributed by atoms with Gasteiger partial charge in [0.2, 0.25) is 10.0 Å². The van der Waals surface area contributed by atoms with Crippen LogP contribution >= 0.6 is 22.9 Å². The molecule has 0 atom stereocenters. The number of aromatic nitrogens is 1. The molecule has 4 rings (SSSR count). The molecule has 4 aromatic rings. The first-order chi connectivity index (χ1) is 15.9. The first-order valence-corrected chi connectivity index (χ1v) is 13.0. The summed E-state index contributed by atoms with van der Waals surface area (Å²) >= 11 is 6.97. The number of methoxy groups -OCH3 is 1. The highest BCUT2D eigenvalue weighted by molar-refractivity contribution is 7.89. The summed E-state index contributed by atoms with van der Waals surface area (Å²) in [6, 6.07) is 19.8. The van der Waals surface area contributed by atoms with Gasteiger partial charge in [0.15, 0.2) is 0 Å². The molecule has 0 saturated carbocycles. The summed E-state index contributed by atoms with van der Waals surface area (Å²) in [5, 5.41) is 0.632. The predicted molar refractivity (Wildman–Crippen MR) is 133 cm³/mol. The summed E-state index contributed by atoms with van der Waals surface area (Å²) in [5.74, 6) is 0.791. The first-order valence-electron chi connectivity index (χ1n) is 10.4. The van der Waals surface area contributed by atoms with Gasteiger partial charge >= 0.3 is 4.87 Å². The standard InChI is InChI=1S/C24H23ClN2O4S2/c1-31-20-10-6-17(7-11-20)3-2-14-26-33(29,30)21-12-13-22-23(15-21)32-24(28)27(22)16-18-4-8-19(25)9-5-18/h4-13,15,26H,2-3,14,16H2,1H3. The topological polar surface area (TPSA) is 77.4 Å². The van der Waals surface area contributed by atoms with Gasteiger partial charge < -0.3 is 4.74 Å². The summed E-state index contributed by atoms with van der Waals surface area (Å²) in [6.45, 7) is 0.714. The number of fused-ring (bicyclic) bond motifs is 1. The predicted octanol–water partition coefficient (Wildman–Crippen LogP) is 4.68. The second-order valence-corrected chi connectivity index (χ2v) is 10.8. The van der Waals surface area contributed by atoms with E-state index in [1.54, 1.807) is 42.0 Å². The number of aryl methyl sites for hydroxylation is 1. The smallest absolute Gasteiger partial charge is 0.308 e. The van der Waals surface area contributed by atoms with Crippen molar-refractivity contribution in [2.24, 2.45) is 0 Å². The van der Waals surface area contributed by atoms with Crippen LogP contribution in [0.2, 0.25) is 5.02 Å². The molecule has 0 radical (unpaired) electrons. The minimum absolute atomic E-state index is 0.137. The lowest BCUT2D eigenvalue weighted by Crippen LogP contribution is -2.25. The summed E-state index contributed by atoms with van der Waals surface area (Å²) in [5.41, 5.74) is 2.76. The van der Waals surface area contributed by atoms with Crippen molar-refractivity contribution in [1.82, 2.24) is 9.29 Å². The molecule has 1 aromatic heterocycles. The number of nitrogens with one attached hydrogen (secondary N) is 1. The van der Waals surface area contributed by atoms with Crippen LogP contribution in [0, 0.1) is 0 Å². The van der Waals surface area contributed by atoms with Crippen LogP contribution in [0.5, 0.6) is 5.75 Å². The molecule has 33 heavy (non-hydrogen) atoms. The molecule has 3 aromatic carbocycles. The number of benzene rings is 3. The number of nitrogens with zero attached hydrogens (tertiary/aromatic N) is 1. The fourth-order valence-electron chi connectivity index (χ4n) is 3.51. The van der Waals surface area contributed by atoms with Crippen LogP contribution in [-0.2, 0) is 23.0 Å². The fourth-order valence-corrected chi connectivity index (χ4v) is 5.74. The third-order valence-corrected chi connectivity index (χ3v) is 7.95. The van der Waals surface area contributed by atoms with Gasteiger partial charge in [-0.15, -0.1) is 0 Å². The first kappa shape index (κ1) is 23.5. The third kappa shape index (κ3) is 5.65. The molecule has 6 nitrogen and oxygen atoms in total. The Kier molecular flexibility index (Phi) is 7.19. The summed E-state index contributed by atoms with van der Waals surface area (Å²) < 4.78 is 35.6. The molecule has 0 amide bonds. The number of ether oxygens (including phenoxy) is 1. The number of sulfonamides is 1. The Bertz CT molecular complexity index is 1410. The molecule has 0 unspecified atom stereocenters. The largest absolute Gasteiger partial charge is 0.497 e. The van der Waals surface area contributed by atoms with Crippen molar-refractivity contribution in [2.75, 3.05) is 13.7 Å². The minimum atomic E-state index is -3.67. The van der Waals surface area contributed by atoms with Crippen LogP contribution < -0.4 is 14.3 Å². The van der Waals surface area contributed by atoms with E-state index < -0.39 is 10.0 Å². The number of rotatable bonds is 9. The number of hydrogen-bond donors (Lipinski definition) is 1. The van der Waals surface area contributed by atoms with Crippen molar-refractivity contribution >= 4 is 43.2 Å². The van der Waals surface area contributed by atoms with E-state index in [1.807, 2.05) is 36.4 Å². The molecule has 1 N–H and O–H groups in total. The van der Waals surface area contributed by atoms with Crippen molar-refractivity contribution in [3.05, 3.63) is 92.5 Å². The zero-order chi connectivity index (χ0) is 23.4. The SMILES string of the molecule is COc1ccc(CCCNS(=O)(=O)c2ccc3c(c2)sc(=O)n3Cc2ccc(Cl)cc2)cc1. The highest BCUT2D eigenvalue weighted by atomic mass is 35.5. The lowest BCUT2D eigenvalue weighted by atomic mass is 10.1. The van der Waals surface area contributed by atoms with Gasteiger partial charge in [0, 0.05) is 11.6 Å². The Morgan fingerprint density at radius 2 is 1.70 bits per heavy atom. The summed E-state index contributed by atoms with van der Waals surface area (Å²) in [6.07, 6.45) is 1.42. The number of halogens is 1. The van der Waals surface area contributed by atoms with Gasteiger partial charge in [-0.2, -0.15) is 0 Å². The highest BCUT2D eigenvalue weighted by Gasteiger charge is 2.16. The number of thiazole rings is 1. The van der Waals surface area contributed by atoms with E-state index >= 15 is 0 Å². The Morgan fingerprint density at radius 1 is 1.00 bits per heavy atom. The van der Waals surface area contributed by atoms with Gasteiger partial charge in [0.05, 0.1) is 28.8 Å². The lowest BCUT2D eigenvalue weighted by molar-refractivity contribution is 0.414. The minimum Gasteiger partial charge on any atom is -0.497 e. The molecule has 0 bridgehead atoms. The van der Waals surface area contributed by atoms with Crippen LogP contribution in [-0.4, -0.2) is 26.6 Å². The van der Waals surface area contributed by atoms with Crippen molar-refractivity contribution in [1.29, 1.82) is 0 Å². The number of hydrogen-bond acceptors (Lipinski definition) is 5. The molecule has 0 aliphatic carbocycles. The summed E-state index contributed by atoms with van der Waals surface area (Å²) in [4.78, 5) is 12.6. The third-order valence-electron chi connectivity index (χ3n) is 5.30. The normalized spacial score (nSPS) is 11.7. The maximum atomic E-state index is 12.8. The van der Waals surface area contributed by atoms with Crippen molar-refractivity contribution in [3.63, 3.8) is 0 Å². The Labute approximate surface area is 201 Å². The molecule has 0 aliphatic heterocycles. The van der Waals surface area contributed by atoms with Gasteiger partial charge in [-0.3, -0.25) is 9.36 Å². The Morgan fingerprint density at radius 3 is 2.39 bits per heavy atom. The Hall–Kier alpha value is -2.65. The molecular formula is C24H23ClN2O4S2. The van der Waals surface area contributed by atoms with Gasteiger partial charge in [0.25, 0.3) is 0 Å². The maximum Gasteiger partial charge on any atom is 0.308 e. The van der Waals surface area contributed by atoms with E-state index in [4.69, 9.17) is 16.3 Å². The second-order valence-electron chi connectivity index (χ2n) is 7.56. The maximum absolute atomic E-state index is 12.8. The van der Waals surface area contributed by atoms with E-state index in [0.717, 1.165) is 34.6 Å². The van der Waals surface area contributed by atoms with Gasteiger partial charge in [0.1, 0.15) is 5.75 Å². The van der Waals surface area contributed by atoms with Crippen LogP contribution in [0.1, 0.15) is 17.5 Å². The van der Waals surface area contributed by atoms with E-state index in [1.165, 1.54) is 0 Å². The lowest BCUT2D eigenvalue weighted by Gasteiger charge is -2.08. The monoisotopic (exact) mass is 502 g/mol.